The third-order valence-electron chi connectivity index (χ3n) is 3.34. The van der Waals surface area contributed by atoms with Crippen LogP contribution in [0.5, 0.6) is 0 Å². The van der Waals surface area contributed by atoms with E-state index in [4.69, 9.17) is 0 Å². The molecule has 1 amide bonds. The van der Waals surface area contributed by atoms with Crippen LogP contribution >= 0.6 is 11.8 Å². The summed E-state index contributed by atoms with van der Waals surface area (Å²) in [5, 5.41) is 20.1. The third kappa shape index (κ3) is 3.99. The zero-order chi connectivity index (χ0) is 14.8. The molecule has 1 aliphatic rings. The number of rotatable bonds is 3. The fraction of sp³-hybridized carbons (Fsp3) is 0.714. The molecule has 1 saturated heterocycles. The van der Waals surface area contributed by atoms with Crippen molar-refractivity contribution in [3.05, 3.63) is 11.8 Å². The first-order chi connectivity index (χ1) is 9.28. The quantitative estimate of drug-likeness (QED) is 0.799. The number of thioether (sulfide) groups is 1. The van der Waals surface area contributed by atoms with Crippen molar-refractivity contribution in [1.29, 1.82) is 0 Å². The maximum absolute atomic E-state index is 12.2. The predicted octanol–water partition coefficient (Wildman–Crippen LogP) is 2.19. The molecule has 0 atom stereocenters. The minimum atomic E-state index is -1.24. The Bertz CT molecular complexity index is 473. The van der Waals surface area contributed by atoms with E-state index < -0.39 is 5.60 Å². The Morgan fingerprint density at radius 1 is 1.50 bits per heavy atom. The molecule has 3 N–H and O–H groups in total. The van der Waals surface area contributed by atoms with Gasteiger partial charge in [-0.25, -0.2) is 0 Å². The highest BCUT2D eigenvalue weighted by molar-refractivity contribution is 7.99. The summed E-state index contributed by atoms with van der Waals surface area (Å²) < 4.78 is 0. The lowest BCUT2D eigenvalue weighted by Crippen LogP contribution is -2.45. The van der Waals surface area contributed by atoms with E-state index in [0.717, 1.165) is 23.6 Å². The molecule has 1 aliphatic heterocycles. The predicted molar refractivity (Wildman–Crippen MR) is 81.9 cm³/mol. The van der Waals surface area contributed by atoms with Crippen LogP contribution in [0.1, 0.15) is 39.3 Å². The second-order valence-electron chi connectivity index (χ2n) is 6.61. The van der Waals surface area contributed by atoms with Crippen LogP contribution in [-0.4, -0.2) is 38.3 Å². The standard InChI is InChI=1S/C14H23N3O2S/c1-13(2,3)9-10-8-11(17-16-10)15-12(18)14(19)4-6-20-7-5-14/h8,19H,4-7,9H2,1-3H3,(H2,15,16,17,18). The Morgan fingerprint density at radius 2 is 2.15 bits per heavy atom. The number of carbonyl (C=O) groups is 1. The van der Waals surface area contributed by atoms with Gasteiger partial charge in [-0.1, -0.05) is 20.8 Å². The van der Waals surface area contributed by atoms with Crippen LogP contribution in [0.4, 0.5) is 5.82 Å². The van der Waals surface area contributed by atoms with Crippen LogP contribution in [0.15, 0.2) is 6.07 Å². The number of H-pyrrole nitrogens is 1. The molecule has 1 fully saturated rings. The first-order valence-corrected chi connectivity index (χ1v) is 8.10. The second kappa shape index (κ2) is 5.77. The molecule has 0 aromatic carbocycles. The van der Waals surface area contributed by atoms with E-state index >= 15 is 0 Å². The van der Waals surface area contributed by atoms with Gasteiger partial charge in [-0.05, 0) is 36.2 Å². The molecule has 1 aromatic rings. The molecule has 0 aliphatic carbocycles. The number of carbonyl (C=O) groups excluding carboxylic acids is 1. The van der Waals surface area contributed by atoms with Gasteiger partial charge in [0.15, 0.2) is 5.82 Å². The molecule has 112 valence electrons. The van der Waals surface area contributed by atoms with Crippen molar-refractivity contribution in [3.63, 3.8) is 0 Å². The molecule has 20 heavy (non-hydrogen) atoms. The Morgan fingerprint density at radius 3 is 2.75 bits per heavy atom. The van der Waals surface area contributed by atoms with Gasteiger partial charge in [-0.3, -0.25) is 9.89 Å². The van der Waals surface area contributed by atoms with Crippen LogP contribution in [0.3, 0.4) is 0 Å². The molecule has 0 spiro atoms. The average molecular weight is 297 g/mol. The Balaban J connectivity index is 1.98. The van der Waals surface area contributed by atoms with Crippen molar-refractivity contribution in [1.82, 2.24) is 10.2 Å². The Kier molecular flexibility index (Phi) is 4.44. The van der Waals surface area contributed by atoms with Crippen molar-refractivity contribution >= 4 is 23.5 Å². The van der Waals surface area contributed by atoms with E-state index in [1.165, 1.54) is 0 Å². The van der Waals surface area contributed by atoms with Crippen LogP contribution in [0.25, 0.3) is 0 Å². The van der Waals surface area contributed by atoms with Crippen LogP contribution in [0.2, 0.25) is 0 Å². The van der Waals surface area contributed by atoms with E-state index in [2.05, 4.69) is 36.3 Å². The normalized spacial score (nSPS) is 18.8. The molecule has 0 unspecified atom stereocenters. The number of aromatic amines is 1. The number of aliphatic hydroxyl groups is 1. The molecule has 5 nitrogen and oxygen atoms in total. The third-order valence-corrected chi connectivity index (χ3v) is 4.32. The number of hydrogen-bond acceptors (Lipinski definition) is 4. The monoisotopic (exact) mass is 297 g/mol. The Hall–Kier alpha value is -1.01. The van der Waals surface area contributed by atoms with Crippen molar-refractivity contribution in [2.24, 2.45) is 5.41 Å². The van der Waals surface area contributed by atoms with E-state index in [-0.39, 0.29) is 11.3 Å². The fourth-order valence-corrected chi connectivity index (χ4v) is 3.42. The van der Waals surface area contributed by atoms with Gasteiger partial charge in [-0.15, -0.1) is 0 Å². The smallest absolute Gasteiger partial charge is 0.257 e. The maximum atomic E-state index is 12.2. The highest BCUT2D eigenvalue weighted by Crippen LogP contribution is 2.28. The van der Waals surface area contributed by atoms with Crippen molar-refractivity contribution in [3.8, 4) is 0 Å². The summed E-state index contributed by atoms with van der Waals surface area (Å²) in [5.74, 6) is 1.78. The van der Waals surface area contributed by atoms with Gasteiger partial charge in [-0.2, -0.15) is 16.9 Å². The second-order valence-corrected chi connectivity index (χ2v) is 7.84. The molecular formula is C14H23N3O2S. The van der Waals surface area contributed by atoms with Gasteiger partial charge in [0, 0.05) is 11.8 Å². The molecule has 0 bridgehead atoms. The van der Waals surface area contributed by atoms with Gasteiger partial charge in [0.05, 0.1) is 0 Å². The van der Waals surface area contributed by atoms with Crippen molar-refractivity contribution in [2.45, 2.75) is 45.6 Å². The summed E-state index contributed by atoms with van der Waals surface area (Å²) in [6.45, 7) is 6.44. The molecule has 0 radical (unpaired) electrons. The molecule has 1 aromatic heterocycles. The van der Waals surface area contributed by atoms with Crippen molar-refractivity contribution < 1.29 is 9.90 Å². The lowest BCUT2D eigenvalue weighted by atomic mass is 9.91. The maximum Gasteiger partial charge on any atom is 0.257 e. The van der Waals surface area contributed by atoms with Gasteiger partial charge < -0.3 is 10.4 Å². The first-order valence-electron chi connectivity index (χ1n) is 6.94. The van der Waals surface area contributed by atoms with Crippen LogP contribution in [-0.2, 0) is 11.2 Å². The lowest BCUT2D eigenvalue weighted by molar-refractivity contribution is -0.134. The van der Waals surface area contributed by atoms with Crippen molar-refractivity contribution in [2.75, 3.05) is 16.8 Å². The molecule has 2 rings (SSSR count). The summed E-state index contributed by atoms with van der Waals surface area (Å²) in [7, 11) is 0. The summed E-state index contributed by atoms with van der Waals surface area (Å²) >= 11 is 1.77. The number of anilines is 1. The number of nitrogens with zero attached hydrogens (tertiary/aromatic N) is 1. The summed E-state index contributed by atoms with van der Waals surface area (Å²) in [4.78, 5) is 12.2. The summed E-state index contributed by atoms with van der Waals surface area (Å²) in [6, 6.07) is 1.84. The highest BCUT2D eigenvalue weighted by atomic mass is 32.2. The van der Waals surface area contributed by atoms with E-state index in [1.54, 1.807) is 11.8 Å². The largest absolute Gasteiger partial charge is 0.380 e. The Labute approximate surface area is 123 Å². The lowest BCUT2D eigenvalue weighted by Gasteiger charge is -2.29. The van der Waals surface area contributed by atoms with Gasteiger partial charge in [0.1, 0.15) is 5.60 Å². The SMILES string of the molecule is CC(C)(C)Cc1cc(NC(=O)C2(O)CCSCC2)n[nH]1. The average Bonchev–Trinajstić information content (AvgIpc) is 2.75. The molecule has 2 heterocycles. The summed E-state index contributed by atoms with van der Waals surface area (Å²) in [6.07, 6.45) is 1.86. The van der Waals surface area contributed by atoms with Gasteiger partial charge in [0.2, 0.25) is 0 Å². The molecule has 6 heteroatoms. The van der Waals surface area contributed by atoms with Crippen LogP contribution < -0.4 is 5.32 Å². The zero-order valence-corrected chi connectivity index (χ0v) is 13.1. The van der Waals surface area contributed by atoms with Gasteiger partial charge >= 0.3 is 0 Å². The van der Waals surface area contributed by atoms with E-state index in [1.807, 2.05) is 6.07 Å². The minimum absolute atomic E-state index is 0.159. The number of hydrogen-bond donors (Lipinski definition) is 3. The number of aromatic nitrogens is 2. The summed E-state index contributed by atoms with van der Waals surface area (Å²) in [5.41, 5.74) is -0.0972. The van der Waals surface area contributed by atoms with Crippen LogP contribution in [0, 0.1) is 5.41 Å². The van der Waals surface area contributed by atoms with E-state index in [0.29, 0.717) is 18.7 Å². The number of amides is 1. The minimum Gasteiger partial charge on any atom is -0.380 e. The topological polar surface area (TPSA) is 78.0 Å². The molecule has 0 saturated carbocycles. The zero-order valence-electron chi connectivity index (χ0n) is 12.3. The highest BCUT2D eigenvalue weighted by Gasteiger charge is 2.37. The van der Waals surface area contributed by atoms with E-state index in [9.17, 15) is 9.90 Å². The number of nitrogens with one attached hydrogen (secondary N) is 2. The molecular weight excluding hydrogens is 274 g/mol. The van der Waals surface area contributed by atoms with Gasteiger partial charge in [0.25, 0.3) is 5.91 Å². The fourth-order valence-electron chi connectivity index (χ4n) is 2.26. The first kappa shape index (κ1) is 15.4.